The molecule has 2 heterocycles. The van der Waals surface area contributed by atoms with E-state index in [2.05, 4.69) is 29.3 Å². The predicted molar refractivity (Wildman–Crippen MR) is 80.5 cm³/mol. The molecular weight excluding hydrogens is 280 g/mol. The smallest absolute Gasteiger partial charge is 0.153 e. The molecule has 0 aliphatic carbocycles. The minimum atomic E-state index is -2.80. The van der Waals surface area contributed by atoms with Gasteiger partial charge in [-0.2, -0.15) is 0 Å². The third kappa shape index (κ3) is 4.56. The summed E-state index contributed by atoms with van der Waals surface area (Å²) in [4.78, 5) is 4.95. The number of aryl methyl sites for hydroxylation is 1. The second-order valence-corrected chi connectivity index (χ2v) is 8.79. The Morgan fingerprint density at radius 2 is 2.26 bits per heavy atom. The summed E-state index contributed by atoms with van der Waals surface area (Å²) in [5.41, 5.74) is 0. The van der Waals surface area contributed by atoms with Crippen LogP contribution in [0.2, 0.25) is 0 Å². The molecule has 1 saturated heterocycles. The fourth-order valence-electron chi connectivity index (χ4n) is 2.38. The highest BCUT2D eigenvalue weighted by Crippen LogP contribution is 2.14. The van der Waals surface area contributed by atoms with Gasteiger partial charge in [0.25, 0.3) is 0 Å². The minimum Gasteiger partial charge on any atom is -0.311 e. The molecule has 4 nitrogen and oxygen atoms in total. The van der Waals surface area contributed by atoms with E-state index in [9.17, 15) is 8.42 Å². The Morgan fingerprint density at radius 3 is 2.89 bits per heavy atom. The predicted octanol–water partition coefficient (Wildman–Crippen LogP) is 1.27. The highest BCUT2D eigenvalue weighted by molar-refractivity contribution is 7.91. The van der Waals surface area contributed by atoms with Gasteiger partial charge in [0, 0.05) is 42.0 Å². The molecule has 19 heavy (non-hydrogen) atoms. The summed E-state index contributed by atoms with van der Waals surface area (Å²) >= 11 is 1.82. The van der Waals surface area contributed by atoms with E-state index in [1.807, 2.05) is 18.3 Å². The maximum atomic E-state index is 11.5. The molecule has 1 atom stereocenters. The highest BCUT2D eigenvalue weighted by Gasteiger charge is 2.27. The molecular formula is C13H22N2O2S2. The average molecular weight is 302 g/mol. The topological polar surface area (TPSA) is 49.4 Å². The SMILES string of the molecule is Cc1ccc(CNCCN2CCS(=O)(=O)CC2C)s1. The van der Waals surface area contributed by atoms with Crippen molar-refractivity contribution in [3.05, 3.63) is 21.9 Å². The van der Waals surface area contributed by atoms with Crippen LogP contribution in [0.5, 0.6) is 0 Å². The van der Waals surface area contributed by atoms with E-state index >= 15 is 0 Å². The maximum absolute atomic E-state index is 11.5. The van der Waals surface area contributed by atoms with Crippen molar-refractivity contribution in [2.24, 2.45) is 0 Å². The Balaban J connectivity index is 1.69. The van der Waals surface area contributed by atoms with Crippen molar-refractivity contribution in [1.29, 1.82) is 0 Å². The summed E-state index contributed by atoms with van der Waals surface area (Å²) in [6, 6.07) is 4.44. The first-order chi connectivity index (χ1) is 8.96. The molecule has 2 rings (SSSR count). The number of rotatable bonds is 5. The third-order valence-electron chi connectivity index (χ3n) is 3.48. The summed E-state index contributed by atoms with van der Waals surface area (Å²) < 4.78 is 23.0. The molecule has 1 N–H and O–H groups in total. The van der Waals surface area contributed by atoms with Gasteiger partial charge in [0.1, 0.15) is 0 Å². The molecule has 0 spiro atoms. The van der Waals surface area contributed by atoms with Crippen molar-refractivity contribution >= 4 is 21.2 Å². The summed E-state index contributed by atoms with van der Waals surface area (Å²) in [6.45, 7) is 7.51. The largest absolute Gasteiger partial charge is 0.311 e. The van der Waals surface area contributed by atoms with Crippen LogP contribution < -0.4 is 5.32 Å². The van der Waals surface area contributed by atoms with E-state index < -0.39 is 9.84 Å². The second-order valence-electron chi connectivity index (χ2n) is 5.19. The second kappa shape index (κ2) is 6.35. The van der Waals surface area contributed by atoms with Gasteiger partial charge in [0.05, 0.1) is 11.5 Å². The Bertz CT molecular complexity index is 510. The van der Waals surface area contributed by atoms with Gasteiger partial charge in [0.2, 0.25) is 0 Å². The van der Waals surface area contributed by atoms with Crippen LogP contribution in [0.15, 0.2) is 12.1 Å². The zero-order valence-electron chi connectivity index (χ0n) is 11.6. The van der Waals surface area contributed by atoms with E-state index in [1.54, 1.807) is 0 Å². The molecule has 1 fully saturated rings. The lowest BCUT2D eigenvalue weighted by atomic mass is 10.3. The van der Waals surface area contributed by atoms with Gasteiger partial charge in [-0.15, -0.1) is 11.3 Å². The summed E-state index contributed by atoms with van der Waals surface area (Å²) in [6.07, 6.45) is 0. The van der Waals surface area contributed by atoms with Crippen LogP contribution in [-0.4, -0.2) is 50.5 Å². The summed E-state index contributed by atoms with van der Waals surface area (Å²) in [5.74, 6) is 0.610. The standard InChI is InChI=1S/C13H22N2O2S2/c1-11-10-19(16,17)8-7-15(11)6-5-14-9-13-4-3-12(2)18-13/h3-4,11,14H,5-10H2,1-2H3. The number of sulfone groups is 1. The zero-order chi connectivity index (χ0) is 13.9. The zero-order valence-corrected chi connectivity index (χ0v) is 13.2. The molecule has 108 valence electrons. The van der Waals surface area contributed by atoms with E-state index in [1.165, 1.54) is 9.75 Å². The van der Waals surface area contributed by atoms with Crippen LogP contribution in [-0.2, 0) is 16.4 Å². The molecule has 0 bridgehead atoms. The molecule has 1 unspecified atom stereocenters. The van der Waals surface area contributed by atoms with Gasteiger partial charge < -0.3 is 5.32 Å². The molecule has 1 aliphatic heterocycles. The minimum absolute atomic E-state index is 0.143. The quantitative estimate of drug-likeness (QED) is 0.832. The van der Waals surface area contributed by atoms with Crippen LogP contribution in [0.25, 0.3) is 0 Å². The molecule has 0 amide bonds. The number of hydrogen-bond acceptors (Lipinski definition) is 5. The number of nitrogens with zero attached hydrogens (tertiary/aromatic N) is 1. The van der Waals surface area contributed by atoms with E-state index in [-0.39, 0.29) is 6.04 Å². The van der Waals surface area contributed by atoms with Crippen LogP contribution in [0.3, 0.4) is 0 Å². The molecule has 0 aromatic carbocycles. The first-order valence-corrected chi connectivity index (χ1v) is 9.30. The normalized spacial score (nSPS) is 23.6. The van der Waals surface area contributed by atoms with Crippen LogP contribution >= 0.6 is 11.3 Å². The molecule has 1 aromatic rings. The molecule has 6 heteroatoms. The third-order valence-corrected chi connectivity index (χ3v) is 6.27. The monoisotopic (exact) mass is 302 g/mol. The molecule has 1 aromatic heterocycles. The van der Waals surface area contributed by atoms with Crippen molar-refractivity contribution in [3.63, 3.8) is 0 Å². The summed E-state index contributed by atoms with van der Waals surface area (Å²) in [5, 5.41) is 3.42. The maximum Gasteiger partial charge on any atom is 0.153 e. The average Bonchev–Trinajstić information content (AvgIpc) is 2.72. The van der Waals surface area contributed by atoms with Gasteiger partial charge in [-0.1, -0.05) is 0 Å². The van der Waals surface area contributed by atoms with Crippen molar-refractivity contribution in [2.75, 3.05) is 31.1 Å². The molecule has 0 radical (unpaired) electrons. The summed E-state index contributed by atoms with van der Waals surface area (Å²) in [7, 11) is -2.80. The van der Waals surface area contributed by atoms with Crippen molar-refractivity contribution in [3.8, 4) is 0 Å². The number of nitrogens with one attached hydrogen (secondary N) is 1. The van der Waals surface area contributed by atoms with Crippen molar-refractivity contribution in [1.82, 2.24) is 10.2 Å². The lowest BCUT2D eigenvalue weighted by Gasteiger charge is -2.33. The molecule has 0 saturated carbocycles. The Kier molecular flexibility index (Phi) is 5.00. The fourth-order valence-corrected chi connectivity index (χ4v) is 4.86. The van der Waals surface area contributed by atoms with Gasteiger partial charge in [-0.3, -0.25) is 4.90 Å². The fraction of sp³-hybridized carbons (Fsp3) is 0.692. The molecule has 1 aliphatic rings. The highest BCUT2D eigenvalue weighted by atomic mass is 32.2. The lowest BCUT2D eigenvalue weighted by Crippen LogP contribution is -2.48. The van der Waals surface area contributed by atoms with Crippen molar-refractivity contribution in [2.45, 2.75) is 26.4 Å². The Morgan fingerprint density at radius 1 is 1.47 bits per heavy atom. The lowest BCUT2D eigenvalue weighted by molar-refractivity contribution is 0.227. The van der Waals surface area contributed by atoms with E-state index in [4.69, 9.17) is 0 Å². The van der Waals surface area contributed by atoms with Crippen molar-refractivity contribution < 1.29 is 8.42 Å². The first kappa shape index (κ1) is 15.0. The Hall–Kier alpha value is -0.430. The van der Waals surface area contributed by atoms with E-state index in [0.717, 1.165) is 19.6 Å². The van der Waals surface area contributed by atoms with E-state index in [0.29, 0.717) is 18.1 Å². The van der Waals surface area contributed by atoms with Gasteiger partial charge in [-0.05, 0) is 26.0 Å². The van der Waals surface area contributed by atoms with Gasteiger partial charge >= 0.3 is 0 Å². The van der Waals surface area contributed by atoms with Crippen LogP contribution in [0, 0.1) is 6.92 Å². The number of thiophene rings is 1. The first-order valence-electron chi connectivity index (χ1n) is 6.67. The van der Waals surface area contributed by atoms with Gasteiger partial charge in [0.15, 0.2) is 9.84 Å². The van der Waals surface area contributed by atoms with Crippen LogP contribution in [0.4, 0.5) is 0 Å². The number of hydrogen-bond donors (Lipinski definition) is 1. The van der Waals surface area contributed by atoms with Crippen LogP contribution in [0.1, 0.15) is 16.7 Å². The van der Waals surface area contributed by atoms with Gasteiger partial charge in [-0.25, -0.2) is 8.42 Å². The Labute approximate surface area is 119 Å².